The van der Waals surface area contributed by atoms with Gasteiger partial charge in [0.2, 0.25) is 5.95 Å². The number of hydrogen-bond acceptors (Lipinski definition) is 8. The van der Waals surface area contributed by atoms with Gasteiger partial charge in [-0.3, -0.25) is 4.79 Å². The minimum Gasteiger partial charge on any atom is -0.394 e. The summed E-state index contributed by atoms with van der Waals surface area (Å²) in [5, 5.41) is 23.2. The first-order chi connectivity index (χ1) is 13.2. The Morgan fingerprint density at radius 2 is 1.96 bits per heavy atom. The lowest BCUT2D eigenvalue weighted by Crippen LogP contribution is -2.31. The molecule has 1 atom stereocenters. The monoisotopic (exact) mass is 384 g/mol. The summed E-state index contributed by atoms with van der Waals surface area (Å²) in [6.45, 7) is 5.48. The van der Waals surface area contributed by atoms with Crippen LogP contribution < -0.4 is 16.6 Å². The second-order valence-corrected chi connectivity index (χ2v) is 7.63. The van der Waals surface area contributed by atoms with E-state index in [1.807, 2.05) is 20.8 Å². The van der Waals surface area contributed by atoms with Crippen molar-refractivity contribution in [2.75, 3.05) is 17.7 Å². The molecule has 0 aliphatic rings. The molecule has 0 saturated heterocycles. The normalized spacial score (nSPS) is 12.9. The number of hydrogen-bond donors (Lipinski definition) is 4. The molecule has 28 heavy (non-hydrogen) atoms. The molecule has 0 unspecified atom stereocenters. The zero-order chi connectivity index (χ0) is 20.5. The summed E-state index contributed by atoms with van der Waals surface area (Å²) in [6, 6.07) is 3.56. The number of rotatable bonds is 5. The van der Waals surface area contributed by atoms with E-state index in [9.17, 15) is 9.90 Å². The van der Waals surface area contributed by atoms with Crippen LogP contribution >= 0.6 is 0 Å². The van der Waals surface area contributed by atoms with Crippen LogP contribution in [0.5, 0.6) is 0 Å². The number of fused-ring (bicyclic) bond motifs is 1. The molecule has 5 N–H and O–H groups in total. The van der Waals surface area contributed by atoms with Crippen LogP contribution in [0.4, 0.5) is 11.8 Å². The third-order valence-electron chi connectivity index (χ3n) is 4.04. The van der Waals surface area contributed by atoms with Gasteiger partial charge in [0.25, 0.3) is 5.56 Å². The third-order valence-corrected chi connectivity index (χ3v) is 4.04. The SMILES string of the molecule is CC(C)(C)Nc1nc(-c2cnc(N)nc2)cc2ccn(C[C@H](O)CO)c(=O)c12. The van der Waals surface area contributed by atoms with Gasteiger partial charge in [-0.1, -0.05) is 0 Å². The van der Waals surface area contributed by atoms with Crippen molar-refractivity contribution >= 4 is 22.5 Å². The fourth-order valence-electron chi connectivity index (χ4n) is 2.79. The highest BCUT2D eigenvalue weighted by Crippen LogP contribution is 2.27. The first-order valence-electron chi connectivity index (χ1n) is 8.87. The Hall–Kier alpha value is -3.04. The van der Waals surface area contributed by atoms with E-state index in [0.717, 1.165) is 0 Å². The van der Waals surface area contributed by atoms with Crippen LogP contribution in [0.1, 0.15) is 20.8 Å². The summed E-state index contributed by atoms with van der Waals surface area (Å²) in [4.78, 5) is 25.7. The van der Waals surface area contributed by atoms with Crippen molar-refractivity contribution in [2.45, 2.75) is 39.0 Å². The summed E-state index contributed by atoms with van der Waals surface area (Å²) in [5.41, 5.74) is 6.20. The average Bonchev–Trinajstić information content (AvgIpc) is 2.62. The van der Waals surface area contributed by atoms with Crippen LogP contribution in [-0.2, 0) is 6.54 Å². The van der Waals surface area contributed by atoms with Crippen molar-refractivity contribution in [2.24, 2.45) is 0 Å². The van der Waals surface area contributed by atoms with E-state index >= 15 is 0 Å². The van der Waals surface area contributed by atoms with Crippen molar-refractivity contribution in [3.63, 3.8) is 0 Å². The van der Waals surface area contributed by atoms with Gasteiger partial charge >= 0.3 is 0 Å². The maximum Gasteiger partial charge on any atom is 0.262 e. The number of anilines is 2. The highest BCUT2D eigenvalue weighted by atomic mass is 16.3. The fraction of sp³-hybridized carbons (Fsp3) is 0.368. The molecule has 0 aromatic carbocycles. The Bertz CT molecular complexity index is 1040. The molecule has 0 fully saturated rings. The smallest absolute Gasteiger partial charge is 0.262 e. The molecule has 148 valence electrons. The molecule has 9 heteroatoms. The van der Waals surface area contributed by atoms with Gasteiger partial charge in [-0.15, -0.1) is 0 Å². The molecule has 0 radical (unpaired) electrons. The Morgan fingerprint density at radius 1 is 1.29 bits per heavy atom. The highest BCUT2D eigenvalue weighted by Gasteiger charge is 2.18. The number of aromatic nitrogens is 4. The first kappa shape index (κ1) is 19.7. The minimum atomic E-state index is -1.02. The molecule has 0 aliphatic carbocycles. The van der Waals surface area contributed by atoms with E-state index in [1.165, 1.54) is 4.57 Å². The molecule has 3 aromatic heterocycles. The molecule has 3 heterocycles. The molecule has 0 spiro atoms. The lowest BCUT2D eigenvalue weighted by molar-refractivity contribution is 0.0805. The molecule has 3 rings (SSSR count). The molecule has 0 saturated carbocycles. The van der Waals surface area contributed by atoms with Gasteiger partial charge in [0.15, 0.2) is 0 Å². The predicted molar refractivity (Wildman–Crippen MR) is 108 cm³/mol. The van der Waals surface area contributed by atoms with E-state index in [0.29, 0.717) is 27.8 Å². The van der Waals surface area contributed by atoms with Crippen molar-refractivity contribution in [1.82, 2.24) is 19.5 Å². The maximum atomic E-state index is 13.0. The van der Waals surface area contributed by atoms with Gasteiger partial charge in [-0.25, -0.2) is 15.0 Å². The lowest BCUT2D eigenvalue weighted by atomic mass is 10.1. The summed E-state index contributed by atoms with van der Waals surface area (Å²) >= 11 is 0. The second-order valence-electron chi connectivity index (χ2n) is 7.63. The number of aliphatic hydroxyl groups excluding tert-OH is 2. The largest absolute Gasteiger partial charge is 0.394 e. The maximum absolute atomic E-state index is 13.0. The lowest BCUT2D eigenvalue weighted by Gasteiger charge is -2.23. The number of nitrogen functional groups attached to an aromatic ring is 1. The summed E-state index contributed by atoms with van der Waals surface area (Å²) < 4.78 is 1.37. The second kappa shape index (κ2) is 7.53. The van der Waals surface area contributed by atoms with Crippen LogP contribution in [-0.4, -0.2) is 48.0 Å². The zero-order valence-electron chi connectivity index (χ0n) is 16.0. The number of aliphatic hydroxyl groups is 2. The van der Waals surface area contributed by atoms with Crippen LogP contribution in [0, 0.1) is 0 Å². The van der Waals surface area contributed by atoms with Gasteiger partial charge in [0, 0.05) is 29.7 Å². The Labute approximate surface area is 161 Å². The van der Waals surface area contributed by atoms with Crippen LogP contribution in [0.15, 0.2) is 35.5 Å². The van der Waals surface area contributed by atoms with E-state index in [-0.39, 0.29) is 23.6 Å². The third kappa shape index (κ3) is 4.26. The van der Waals surface area contributed by atoms with E-state index < -0.39 is 12.7 Å². The van der Waals surface area contributed by atoms with Crippen LogP contribution in [0.3, 0.4) is 0 Å². The van der Waals surface area contributed by atoms with Gasteiger partial charge < -0.3 is 25.8 Å². The Kier molecular flexibility index (Phi) is 5.30. The predicted octanol–water partition coefficient (Wildman–Crippen LogP) is 0.999. The van der Waals surface area contributed by atoms with Gasteiger partial charge in [0.05, 0.1) is 30.3 Å². The topological polar surface area (TPSA) is 139 Å². The first-order valence-corrected chi connectivity index (χ1v) is 8.87. The molecule has 0 aliphatic heterocycles. The highest BCUT2D eigenvalue weighted by molar-refractivity contribution is 5.94. The van der Waals surface area contributed by atoms with Gasteiger partial charge in [-0.05, 0) is 38.3 Å². The number of nitrogens with zero attached hydrogens (tertiary/aromatic N) is 4. The summed E-state index contributed by atoms with van der Waals surface area (Å²) in [7, 11) is 0. The summed E-state index contributed by atoms with van der Waals surface area (Å²) in [5.74, 6) is 0.595. The summed E-state index contributed by atoms with van der Waals surface area (Å²) in [6.07, 6.45) is 3.73. The van der Waals surface area contributed by atoms with Crippen molar-refractivity contribution in [3.05, 3.63) is 41.1 Å². The van der Waals surface area contributed by atoms with Crippen LogP contribution in [0.25, 0.3) is 22.0 Å². The minimum absolute atomic E-state index is 0.00617. The molecular weight excluding hydrogens is 360 g/mol. The van der Waals surface area contributed by atoms with Crippen molar-refractivity contribution in [3.8, 4) is 11.3 Å². The molecular formula is C19H24N6O3. The number of nitrogens with two attached hydrogens (primary N) is 1. The van der Waals surface area contributed by atoms with E-state index in [4.69, 9.17) is 10.8 Å². The average molecular weight is 384 g/mol. The van der Waals surface area contributed by atoms with Gasteiger partial charge in [-0.2, -0.15) is 0 Å². The molecule has 9 nitrogen and oxygen atoms in total. The molecule has 3 aromatic rings. The van der Waals surface area contributed by atoms with Crippen molar-refractivity contribution < 1.29 is 10.2 Å². The Balaban J connectivity index is 2.21. The van der Waals surface area contributed by atoms with Crippen LogP contribution in [0.2, 0.25) is 0 Å². The molecule has 0 bridgehead atoms. The van der Waals surface area contributed by atoms with Crippen molar-refractivity contribution in [1.29, 1.82) is 0 Å². The van der Waals surface area contributed by atoms with E-state index in [1.54, 1.807) is 30.7 Å². The zero-order valence-corrected chi connectivity index (χ0v) is 16.0. The van der Waals surface area contributed by atoms with E-state index in [2.05, 4.69) is 20.3 Å². The Morgan fingerprint density at radius 3 is 2.57 bits per heavy atom. The fourth-order valence-corrected chi connectivity index (χ4v) is 2.79. The quantitative estimate of drug-likeness (QED) is 0.511. The van der Waals surface area contributed by atoms with Gasteiger partial charge in [0.1, 0.15) is 5.82 Å². The molecule has 0 amide bonds. The number of pyridine rings is 2. The number of nitrogens with one attached hydrogen (secondary N) is 1. The standard InChI is InChI=1S/C19H24N6O3/c1-19(2,3)24-16-15-11(4-5-25(17(15)28)9-13(27)10-26)6-14(23-16)12-7-21-18(20)22-8-12/h4-8,13,26-27H,9-10H2,1-3H3,(H,23,24)(H2,20,21,22)/t13-/m0/s1.